The number of likely N-dealkylation sites (tertiary alicyclic amines) is 2. The number of nitrogens with one attached hydrogen (secondary N) is 1. The molecular weight excluding hydrogens is 346 g/mol. The van der Waals surface area contributed by atoms with Gasteiger partial charge in [0.1, 0.15) is 0 Å². The van der Waals surface area contributed by atoms with Gasteiger partial charge in [0.2, 0.25) is 0 Å². The molecule has 0 aromatic rings. The average molecular weight is 396 g/mol. The van der Waals surface area contributed by atoms with Crippen LogP contribution in [-0.2, 0) is 0 Å². The Bertz CT molecular complexity index is 417. The van der Waals surface area contributed by atoms with Gasteiger partial charge < -0.3 is 10.2 Å². The SMILES string of the molecule is CC.CNCN1CCCC(CN2CCN(CC3CCN(C)CC3)CC2(C)C)C1. The van der Waals surface area contributed by atoms with E-state index in [9.17, 15) is 0 Å². The minimum absolute atomic E-state index is 0.314. The number of rotatable bonds is 6. The van der Waals surface area contributed by atoms with Crippen molar-refractivity contribution in [3.8, 4) is 0 Å². The Kier molecular flexibility index (Phi) is 10.2. The van der Waals surface area contributed by atoms with Crippen molar-refractivity contribution in [1.29, 1.82) is 0 Å². The zero-order valence-electron chi connectivity index (χ0n) is 19.8. The quantitative estimate of drug-likeness (QED) is 0.745. The number of piperazine rings is 1. The number of hydrogen-bond donors (Lipinski definition) is 1. The minimum atomic E-state index is 0.314. The van der Waals surface area contributed by atoms with Gasteiger partial charge in [-0.2, -0.15) is 0 Å². The molecule has 0 radical (unpaired) electrons. The van der Waals surface area contributed by atoms with Gasteiger partial charge in [-0.15, -0.1) is 0 Å². The second kappa shape index (κ2) is 11.8. The first kappa shape index (κ1) is 24.1. The summed E-state index contributed by atoms with van der Waals surface area (Å²) in [5.41, 5.74) is 0.314. The van der Waals surface area contributed by atoms with Crippen LogP contribution in [0, 0.1) is 11.8 Å². The molecule has 3 saturated heterocycles. The fourth-order valence-electron chi connectivity index (χ4n) is 5.37. The second-order valence-electron chi connectivity index (χ2n) is 9.84. The van der Waals surface area contributed by atoms with Crippen LogP contribution in [0.4, 0.5) is 0 Å². The molecule has 0 aromatic heterocycles. The first-order valence-corrected chi connectivity index (χ1v) is 12.0. The molecule has 3 aliphatic heterocycles. The molecule has 3 rings (SSSR count). The summed E-state index contributed by atoms with van der Waals surface area (Å²) in [5.74, 6) is 1.76. The van der Waals surface area contributed by atoms with Gasteiger partial charge in [-0.05, 0) is 85.1 Å². The summed E-state index contributed by atoms with van der Waals surface area (Å²) in [6.45, 7) is 21.5. The molecule has 1 N–H and O–H groups in total. The Labute approximate surface area is 175 Å². The lowest BCUT2D eigenvalue weighted by Crippen LogP contribution is -2.61. The van der Waals surface area contributed by atoms with Crippen molar-refractivity contribution in [2.45, 2.75) is 58.9 Å². The molecule has 0 spiro atoms. The molecule has 1 atom stereocenters. The van der Waals surface area contributed by atoms with E-state index in [0.29, 0.717) is 5.54 Å². The summed E-state index contributed by atoms with van der Waals surface area (Å²) in [6.07, 6.45) is 5.55. The third kappa shape index (κ3) is 7.24. The third-order valence-electron chi connectivity index (χ3n) is 6.97. The van der Waals surface area contributed by atoms with Crippen LogP contribution in [0.25, 0.3) is 0 Å². The van der Waals surface area contributed by atoms with Crippen LogP contribution in [0.3, 0.4) is 0 Å². The van der Waals surface area contributed by atoms with E-state index >= 15 is 0 Å². The summed E-state index contributed by atoms with van der Waals surface area (Å²) < 4.78 is 0. The summed E-state index contributed by atoms with van der Waals surface area (Å²) in [5, 5.41) is 3.33. The summed E-state index contributed by atoms with van der Waals surface area (Å²) in [7, 11) is 4.33. The van der Waals surface area contributed by atoms with Crippen molar-refractivity contribution in [2.75, 3.05) is 79.7 Å². The molecule has 0 aliphatic carbocycles. The topological polar surface area (TPSA) is 25.0 Å². The van der Waals surface area contributed by atoms with E-state index in [2.05, 4.69) is 52.9 Å². The highest BCUT2D eigenvalue weighted by Gasteiger charge is 2.36. The van der Waals surface area contributed by atoms with Gasteiger partial charge in [-0.1, -0.05) is 13.8 Å². The van der Waals surface area contributed by atoms with Crippen molar-refractivity contribution in [2.24, 2.45) is 11.8 Å². The molecule has 1 unspecified atom stereocenters. The molecule has 0 bridgehead atoms. The maximum Gasteiger partial charge on any atom is 0.0478 e. The molecule has 0 amide bonds. The zero-order chi connectivity index (χ0) is 20.6. The number of hydrogen-bond acceptors (Lipinski definition) is 5. The number of nitrogens with zero attached hydrogens (tertiary/aromatic N) is 4. The molecular formula is C23H49N5. The maximum absolute atomic E-state index is 3.33. The first-order valence-electron chi connectivity index (χ1n) is 12.0. The van der Waals surface area contributed by atoms with Gasteiger partial charge in [0, 0.05) is 51.5 Å². The predicted molar refractivity (Wildman–Crippen MR) is 122 cm³/mol. The summed E-state index contributed by atoms with van der Waals surface area (Å²) in [6, 6.07) is 0. The normalized spacial score (nSPS) is 28.7. The lowest BCUT2D eigenvalue weighted by atomic mass is 9.91. The highest BCUT2D eigenvalue weighted by molar-refractivity contribution is 4.92. The molecule has 3 heterocycles. The van der Waals surface area contributed by atoms with Crippen LogP contribution in [0.5, 0.6) is 0 Å². The van der Waals surface area contributed by atoms with Crippen molar-refractivity contribution in [3.63, 3.8) is 0 Å². The lowest BCUT2D eigenvalue weighted by molar-refractivity contribution is -0.00837. The highest BCUT2D eigenvalue weighted by Crippen LogP contribution is 2.27. The lowest BCUT2D eigenvalue weighted by Gasteiger charge is -2.50. The Morgan fingerprint density at radius 2 is 1.57 bits per heavy atom. The van der Waals surface area contributed by atoms with Crippen LogP contribution in [0.1, 0.15) is 53.4 Å². The fraction of sp³-hybridized carbons (Fsp3) is 1.00. The van der Waals surface area contributed by atoms with E-state index < -0.39 is 0 Å². The Morgan fingerprint density at radius 1 is 0.857 bits per heavy atom. The van der Waals surface area contributed by atoms with Crippen molar-refractivity contribution in [1.82, 2.24) is 24.9 Å². The van der Waals surface area contributed by atoms with E-state index in [1.54, 1.807) is 0 Å². The summed E-state index contributed by atoms with van der Waals surface area (Å²) in [4.78, 5) is 10.6. The minimum Gasteiger partial charge on any atom is -0.307 e. The van der Waals surface area contributed by atoms with Crippen molar-refractivity contribution < 1.29 is 0 Å². The smallest absolute Gasteiger partial charge is 0.0478 e. The van der Waals surface area contributed by atoms with E-state index in [0.717, 1.165) is 18.5 Å². The van der Waals surface area contributed by atoms with Gasteiger partial charge in [0.25, 0.3) is 0 Å². The standard InChI is InChI=1S/C21H43N5.C2H6/c1-21(2)17-24(14-19-7-10-23(4)11-8-19)12-13-26(21)16-20-6-5-9-25(15-20)18-22-3;1-2/h19-20,22H,5-18H2,1-4H3;1-2H3. The van der Waals surface area contributed by atoms with Crippen molar-refractivity contribution >= 4 is 0 Å². The largest absolute Gasteiger partial charge is 0.307 e. The molecule has 166 valence electrons. The average Bonchev–Trinajstić information content (AvgIpc) is 2.68. The molecule has 28 heavy (non-hydrogen) atoms. The van der Waals surface area contributed by atoms with Crippen LogP contribution in [-0.4, -0.2) is 105 Å². The van der Waals surface area contributed by atoms with Gasteiger partial charge in [-0.3, -0.25) is 14.7 Å². The maximum atomic E-state index is 3.33. The Balaban J connectivity index is 0.00000136. The molecule has 3 aliphatic rings. The summed E-state index contributed by atoms with van der Waals surface area (Å²) >= 11 is 0. The van der Waals surface area contributed by atoms with Gasteiger partial charge in [0.05, 0.1) is 0 Å². The van der Waals surface area contributed by atoms with E-state index in [1.807, 2.05) is 13.8 Å². The second-order valence-corrected chi connectivity index (χ2v) is 9.84. The Hall–Kier alpha value is -0.200. The molecule has 0 aromatic carbocycles. The third-order valence-corrected chi connectivity index (χ3v) is 6.97. The predicted octanol–water partition coefficient (Wildman–Crippen LogP) is 2.64. The van der Waals surface area contributed by atoms with Crippen LogP contribution < -0.4 is 5.32 Å². The molecule has 5 nitrogen and oxygen atoms in total. The van der Waals surface area contributed by atoms with Crippen LogP contribution in [0.2, 0.25) is 0 Å². The number of piperidine rings is 2. The van der Waals surface area contributed by atoms with Gasteiger partial charge >= 0.3 is 0 Å². The van der Waals surface area contributed by atoms with Crippen LogP contribution >= 0.6 is 0 Å². The van der Waals surface area contributed by atoms with Gasteiger partial charge in [0.15, 0.2) is 0 Å². The zero-order valence-corrected chi connectivity index (χ0v) is 19.8. The molecule has 3 fully saturated rings. The highest BCUT2D eigenvalue weighted by atomic mass is 15.3. The van der Waals surface area contributed by atoms with E-state index in [1.165, 1.54) is 84.6 Å². The van der Waals surface area contributed by atoms with E-state index in [-0.39, 0.29) is 0 Å². The first-order chi connectivity index (χ1) is 13.5. The fourth-order valence-corrected chi connectivity index (χ4v) is 5.37. The molecule has 5 heteroatoms. The Morgan fingerprint density at radius 3 is 2.21 bits per heavy atom. The van der Waals surface area contributed by atoms with Crippen LogP contribution in [0.15, 0.2) is 0 Å². The monoisotopic (exact) mass is 395 g/mol. The van der Waals surface area contributed by atoms with E-state index in [4.69, 9.17) is 0 Å². The molecule has 0 saturated carbocycles. The van der Waals surface area contributed by atoms with Crippen molar-refractivity contribution in [3.05, 3.63) is 0 Å². The van der Waals surface area contributed by atoms with Gasteiger partial charge in [-0.25, -0.2) is 0 Å².